The van der Waals surface area contributed by atoms with Gasteiger partial charge < -0.3 is 15.8 Å². The number of nitrogens with one attached hydrogen (secondary N) is 1. The number of carbonyl (C=O) groups is 1. The van der Waals surface area contributed by atoms with Gasteiger partial charge >= 0.3 is 0 Å². The molecule has 0 heterocycles. The molecule has 0 saturated carbocycles. The van der Waals surface area contributed by atoms with Gasteiger partial charge in [0.15, 0.2) is 0 Å². The van der Waals surface area contributed by atoms with Gasteiger partial charge in [0.2, 0.25) is 5.91 Å². The van der Waals surface area contributed by atoms with E-state index in [1.165, 1.54) is 0 Å². The van der Waals surface area contributed by atoms with Crippen LogP contribution >= 0.6 is 11.6 Å². The van der Waals surface area contributed by atoms with Crippen molar-refractivity contribution in [2.75, 3.05) is 12.4 Å². The minimum Gasteiger partial charge on any atom is -0.496 e. The summed E-state index contributed by atoms with van der Waals surface area (Å²) in [6.07, 6.45) is 0. The van der Waals surface area contributed by atoms with E-state index in [4.69, 9.17) is 22.1 Å². The largest absolute Gasteiger partial charge is 0.496 e. The fourth-order valence-corrected chi connectivity index (χ4v) is 2.33. The molecule has 4 nitrogen and oxygen atoms in total. The number of anilines is 1. The molecule has 0 atom stereocenters. The maximum Gasteiger partial charge on any atom is 0.248 e. The van der Waals surface area contributed by atoms with Crippen molar-refractivity contribution in [3.63, 3.8) is 0 Å². The number of hydrogen-bond donors (Lipinski definition) is 2. The number of amides is 1. The molecule has 2 aromatic rings. The first-order chi connectivity index (χ1) is 10.0. The molecule has 5 heteroatoms. The van der Waals surface area contributed by atoms with Gasteiger partial charge in [-0.15, -0.1) is 0 Å². The number of halogens is 1. The highest BCUT2D eigenvalue weighted by molar-refractivity contribution is 6.31. The van der Waals surface area contributed by atoms with Crippen LogP contribution in [-0.2, 0) is 6.54 Å². The van der Waals surface area contributed by atoms with E-state index in [-0.39, 0.29) is 0 Å². The van der Waals surface area contributed by atoms with Crippen molar-refractivity contribution in [3.05, 3.63) is 58.1 Å². The third kappa shape index (κ3) is 3.47. The van der Waals surface area contributed by atoms with E-state index in [1.807, 2.05) is 31.2 Å². The molecule has 1 amide bonds. The lowest BCUT2D eigenvalue weighted by atomic mass is 10.1. The summed E-state index contributed by atoms with van der Waals surface area (Å²) < 4.78 is 5.31. The number of rotatable bonds is 5. The van der Waals surface area contributed by atoms with Crippen LogP contribution < -0.4 is 15.8 Å². The van der Waals surface area contributed by atoms with E-state index in [0.717, 1.165) is 22.6 Å². The molecule has 0 saturated heterocycles. The Labute approximate surface area is 128 Å². The number of methoxy groups -OCH3 is 1. The third-order valence-electron chi connectivity index (χ3n) is 3.26. The summed E-state index contributed by atoms with van der Waals surface area (Å²) in [4.78, 5) is 11.1. The predicted octanol–water partition coefficient (Wildman–Crippen LogP) is 3.37. The highest BCUT2D eigenvalue weighted by Crippen LogP contribution is 2.27. The van der Waals surface area contributed by atoms with E-state index in [0.29, 0.717) is 17.1 Å². The molecule has 0 fully saturated rings. The van der Waals surface area contributed by atoms with Crippen molar-refractivity contribution in [2.45, 2.75) is 13.5 Å². The first-order valence-electron chi connectivity index (χ1n) is 6.48. The normalized spacial score (nSPS) is 10.2. The molecular weight excluding hydrogens is 288 g/mol. The second kappa shape index (κ2) is 6.50. The summed E-state index contributed by atoms with van der Waals surface area (Å²) in [6.45, 7) is 2.44. The van der Waals surface area contributed by atoms with Crippen LogP contribution in [0.1, 0.15) is 21.5 Å². The SMILES string of the molecule is COc1cccc(Cl)c1CNc1ccc(C(N)=O)cc1C. The topological polar surface area (TPSA) is 64.3 Å². The molecule has 0 aliphatic rings. The van der Waals surface area contributed by atoms with Gasteiger partial charge in [-0.1, -0.05) is 17.7 Å². The average Bonchev–Trinajstić information content (AvgIpc) is 2.46. The first kappa shape index (κ1) is 15.2. The van der Waals surface area contributed by atoms with Crippen molar-refractivity contribution in [2.24, 2.45) is 5.73 Å². The summed E-state index contributed by atoms with van der Waals surface area (Å²) >= 11 is 6.20. The number of carbonyl (C=O) groups excluding carboxylic acids is 1. The molecule has 0 aliphatic carbocycles. The van der Waals surface area contributed by atoms with Gasteiger partial charge in [0.25, 0.3) is 0 Å². The van der Waals surface area contributed by atoms with Crippen LogP contribution in [0.25, 0.3) is 0 Å². The number of nitrogens with two attached hydrogens (primary N) is 1. The smallest absolute Gasteiger partial charge is 0.248 e. The number of ether oxygens (including phenoxy) is 1. The van der Waals surface area contributed by atoms with Crippen LogP contribution in [0.5, 0.6) is 5.75 Å². The van der Waals surface area contributed by atoms with Crippen molar-refractivity contribution >= 4 is 23.2 Å². The van der Waals surface area contributed by atoms with Crippen LogP contribution in [-0.4, -0.2) is 13.0 Å². The van der Waals surface area contributed by atoms with E-state index >= 15 is 0 Å². The van der Waals surface area contributed by atoms with Gasteiger partial charge in [0.05, 0.1) is 7.11 Å². The third-order valence-corrected chi connectivity index (χ3v) is 3.62. The summed E-state index contributed by atoms with van der Waals surface area (Å²) in [5.41, 5.74) is 8.51. The number of benzene rings is 2. The molecule has 2 rings (SSSR count). The summed E-state index contributed by atoms with van der Waals surface area (Å²) in [5.74, 6) is 0.304. The highest BCUT2D eigenvalue weighted by atomic mass is 35.5. The Bertz CT molecular complexity index is 671. The summed E-state index contributed by atoms with van der Waals surface area (Å²) in [5, 5.41) is 3.94. The monoisotopic (exact) mass is 304 g/mol. The maximum absolute atomic E-state index is 11.1. The lowest BCUT2D eigenvalue weighted by Crippen LogP contribution is -2.11. The zero-order valence-electron chi connectivity index (χ0n) is 11.9. The lowest BCUT2D eigenvalue weighted by Gasteiger charge is -2.14. The Balaban J connectivity index is 2.19. The van der Waals surface area contributed by atoms with Crippen LogP contribution in [0.2, 0.25) is 5.02 Å². The van der Waals surface area contributed by atoms with Gasteiger partial charge in [-0.3, -0.25) is 4.79 Å². The average molecular weight is 305 g/mol. The Kier molecular flexibility index (Phi) is 4.70. The quantitative estimate of drug-likeness (QED) is 0.890. The number of hydrogen-bond acceptors (Lipinski definition) is 3. The molecule has 21 heavy (non-hydrogen) atoms. The second-order valence-electron chi connectivity index (χ2n) is 4.67. The molecule has 3 N–H and O–H groups in total. The van der Waals surface area contributed by atoms with Gasteiger partial charge in [-0.05, 0) is 42.8 Å². The molecule has 0 unspecified atom stereocenters. The minimum absolute atomic E-state index is 0.433. The highest BCUT2D eigenvalue weighted by Gasteiger charge is 2.09. The lowest BCUT2D eigenvalue weighted by molar-refractivity contribution is 0.1000. The number of aryl methyl sites for hydroxylation is 1. The molecule has 0 bridgehead atoms. The van der Waals surface area contributed by atoms with Crippen LogP contribution in [0.4, 0.5) is 5.69 Å². The Morgan fingerprint density at radius 1 is 1.33 bits per heavy atom. The van der Waals surface area contributed by atoms with Crippen LogP contribution in [0.15, 0.2) is 36.4 Å². The Morgan fingerprint density at radius 3 is 2.71 bits per heavy atom. The standard InChI is InChI=1S/C16H17ClN2O2/c1-10-8-11(16(18)20)6-7-14(10)19-9-12-13(17)4-3-5-15(12)21-2/h3-8,19H,9H2,1-2H3,(H2,18,20). The summed E-state index contributed by atoms with van der Waals surface area (Å²) in [7, 11) is 1.61. The van der Waals surface area contributed by atoms with Gasteiger partial charge in [-0.25, -0.2) is 0 Å². The molecule has 2 aromatic carbocycles. The predicted molar refractivity (Wildman–Crippen MR) is 85.0 cm³/mol. The van der Waals surface area contributed by atoms with Gasteiger partial charge in [0.1, 0.15) is 5.75 Å². The van der Waals surface area contributed by atoms with Crippen molar-refractivity contribution in [1.82, 2.24) is 0 Å². The van der Waals surface area contributed by atoms with Crippen molar-refractivity contribution < 1.29 is 9.53 Å². The summed E-state index contributed by atoms with van der Waals surface area (Å²) in [6, 6.07) is 10.8. The first-order valence-corrected chi connectivity index (χ1v) is 6.86. The van der Waals surface area contributed by atoms with Crippen molar-refractivity contribution in [3.8, 4) is 5.75 Å². The fourth-order valence-electron chi connectivity index (χ4n) is 2.10. The van der Waals surface area contributed by atoms with Crippen LogP contribution in [0.3, 0.4) is 0 Å². The van der Waals surface area contributed by atoms with Gasteiger partial charge in [0, 0.05) is 28.4 Å². The molecular formula is C16H17ClN2O2. The Hall–Kier alpha value is -2.20. The van der Waals surface area contributed by atoms with Gasteiger partial charge in [-0.2, -0.15) is 0 Å². The van der Waals surface area contributed by atoms with E-state index in [1.54, 1.807) is 19.2 Å². The molecule has 0 aliphatic heterocycles. The fraction of sp³-hybridized carbons (Fsp3) is 0.188. The van der Waals surface area contributed by atoms with Crippen molar-refractivity contribution in [1.29, 1.82) is 0 Å². The van der Waals surface area contributed by atoms with Crippen LogP contribution in [0, 0.1) is 6.92 Å². The second-order valence-corrected chi connectivity index (χ2v) is 5.08. The zero-order valence-corrected chi connectivity index (χ0v) is 12.7. The number of primary amides is 1. The van der Waals surface area contributed by atoms with E-state index in [2.05, 4.69) is 5.32 Å². The minimum atomic E-state index is -0.433. The van der Waals surface area contributed by atoms with E-state index in [9.17, 15) is 4.79 Å². The molecule has 0 radical (unpaired) electrons. The molecule has 110 valence electrons. The van der Waals surface area contributed by atoms with E-state index < -0.39 is 5.91 Å². The molecule has 0 aromatic heterocycles. The Morgan fingerprint density at radius 2 is 2.10 bits per heavy atom. The molecule has 0 spiro atoms. The maximum atomic E-state index is 11.1. The zero-order chi connectivity index (χ0) is 15.4.